The zero-order valence-electron chi connectivity index (χ0n) is 9.72. The first kappa shape index (κ1) is 11.1. The molecule has 0 amide bonds. The Morgan fingerprint density at radius 1 is 1.07 bits per heavy atom. The predicted octanol–water partition coefficient (Wildman–Crippen LogP) is 3.63. The van der Waals surface area contributed by atoms with Gasteiger partial charge in [0.05, 0.1) is 0 Å². The Hall–Kier alpha value is -0.980. The maximum absolute atomic E-state index is 3.43. The number of nitrogens with one attached hydrogen (secondary N) is 1. The van der Waals surface area contributed by atoms with Crippen molar-refractivity contribution in [1.82, 2.24) is 0 Å². The van der Waals surface area contributed by atoms with Crippen molar-refractivity contribution in [3.63, 3.8) is 0 Å². The summed E-state index contributed by atoms with van der Waals surface area (Å²) < 4.78 is 0. The molecule has 78 valence electrons. The number of anilines is 1. The van der Waals surface area contributed by atoms with Gasteiger partial charge in [-0.3, -0.25) is 0 Å². The normalized spacial score (nSPS) is 10.6. The Bertz CT molecular complexity index is 289. The fourth-order valence-corrected chi connectivity index (χ4v) is 1.72. The van der Waals surface area contributed by atoms with E-state index >= 15 is 0 Å². The van der Waals surface area contributed by atoms with Gasteiger partial charge >= 0.3 is 0 Å². The van der Waals surface area contributed by atoms with Crippen LogP contribution in [0.25, 0.3) is 0 Å². The Labute approximate surface area is 87.5 Å². The Morgan fingerprint density at radius 3 is 2.21 bits per heavy atom. The van der Waals surface area contributed by atoms with Crippen molar-refractivity contribution < 1.29 is 0 Å². The third kappa shape index (κ3) is 2.76. The third-order valence-corrected chi connectivity index (χ3v) is 2.42. The van der Waals surface area contributed by atoms with Gasteiger partial charge in [0.1, 0.15) is 0 Å². The highest BCUT2D eigenvalue weighted by Crippen LogP contribution is 2.17. The van der Waals surface area contributed by atoms with Crippen molar-refractivity contribution in [3.05, 3.63) is 29.3 Å². The summed E-state index contributed by atoms with van der Waals surface area (Å²) in [5, 5.41) is 3.43. The molecule has 1 aromatic carbocycles. The monoisotopic (exact) mass is 191 g/mol. The molecule has 0 spiro atoms. The van der Waals surface area contributed by atoms with Crippen LogP contribution in [0, 0.1) is 0 Å². The Morgan fingerprint density at radius 2 is 1.71 bits per heavy atom. The van der Waals surface area contributed by atoms with Gasteiger partial charge in [-0.05, 0) is 49.9 Å². The van der Waals surface area contributed by atoms with E-state index in [9.17, 15) is 0 Å². The van der Waals surface area contributed by atoms with Crippen LogP contribution < -0.4 is 5.32 Å². The SMILES string of the molecule is CCc1ccc(NC(C)C)cc1CC. The summed E-state index contributed by atoms with van der Waals surface area (Å²) in [6, 6.07) is 7.20. The van der Waals surface area contributed by atoms with Crippen LogP contribution in [-0.2, 0) is 12.8 Å². The summed E-state index contributed by atoms with van der Waals surface area (Å²) in [7, 11) is 0. The van der Waals surface area contributed by atoms with E-state index in [0.29, 0.717) is 6.04 Å². The molecule has 1 heteroatoms. The third-order valence-electron chi connectivity index (χ3n) is 2.42. The van der Waals surface area contributed by atoms with E-state index in [2.05, 4.69) is 51.2 Å². The number of benzene rings is 1. The number of hydrogen-bond acceptors (Lipinski definition) is 1. The summed E-state index contributed by atoms with van der Waals surface area (Å²) >= 11 is 0. The lowest BCUT2D eigenvalue weighted by Gasteiger charge is -2.13. The van der Waals surface area contributed by atoms with Crippen molar-refractivity contribution in [1.29, 1.82) is 0 Å². The van der Waals surface area contributed by atoms with Crippen LogP contribution in [0.1, 0.15) is 38.8 Å². The molecular weight excluding hydrogens is 170 g/mol. The smallest absolute Gasteiger partial charge is 0.0345 e. The zero-order valence-corrected chi connectivity index (χ0v) is 9.72. The van der Waals surface area contributed by atoms with E-state index < -0.39 is 0 Å². The van der Waals surface area contributed by atoms with E-state index in [0.717, 1.165) is 12.8 Å². The van der Waals surface area contributed by atoms with Gasteiger partial charge in [-0.15, -0.1) is 0 Å². The number of hydrogen-bond donors (Lipinski definition) is 1. The standard InChI is InChI=1S/C13H21N/c1-5-11-7-8-13(14-10(3)4)9-12(11)6-2/h7-10,14H,5-6H2,1-4H3. The van der Waals surface area contributed by atoms with Gasteiger partial charge in [-0.1, -0.05) is 19.9 Å². The highest BCUT2D eigenvalue weighted by molar-refractivity contribution is 5.49. The van der Waals surface area contributed by atoms with E-state index in [1.807, 2.05) is 0 Å². The van der Waals surface area contributed by atoms with Crippen LogP contribution in [0.15, 0.2) is 18.2 Å². The molecule has 0 aliphatic carbocycles. The second-order valence-corrected chi connectivity index (χ2v) is 3.99. The van der Waals surface area contributed by atoms with Gasteiger partial charge in [0.15, 0.2) is 0 Å². The topological polar surface area (TPSA) is 12.0 Å². The lowest BCUT2D eigenvalue weighted by Crippen LogP contribution is -2.10. The highest BCUT2D eigenvalue weighted by atomic mass is 14.9. The Kier molecular flexibility index (Phi) is 3.99. The van der Waals surface area contributed by atoms with Crippen molar-refractivity contribution in [3.8, 4) is 0 Å². The van der Waals surface area contributed by atoms with Crippen LogP contribution >= 0.6 is 0 Å². The second kappa shape index (κ2) is 5.04. The van der Waals surface area contributed by atoms with E-state index in [4.69, 9.17) is 0 Å². The van der Waals surface area contributed by atoms with E-state index in [1.165, 1.54) is 16.8 Å². The minimum atomic E-state index is 0.507. The molecule has 14 heavy (non-hydrogen) atoms. The average Bonchev–Trinajstić information content (AvgIpc) is 2.16. The van der Waals surface area contributed by atoms with Gasteiger partial charge in [0, 0.05) is 11.7 Å². The molecule has 0 aromatic heterocycles. The minimum absolute atomic E-state index is 0.507. The molecule has 0 unspecified atom stereocenters. The van der Waals surface area contributed by atoms with Crippen LogP contribution in [0.5, 0.6) is 0 Å². The van der Waals surface area contributed by atoms with Crippen molar-refractivity contribution in [2.45, 2.75) is 46.6 Å². The summed E-state index contributed by atoms with van der Waals surface area (Å²) in [6.45, 7) is 8.76. The second-order valence-electron chi connectivity index (χ2n) is 3.99. The van der Waals surface area contributed by atoms with Gasteiger partial charge in [0.2, 0.25) is 0 Å². The molecule has 0 saturated carbocycles. The highest BCUT2D eigenvalue weighted by Gasteiger charge is 2.01. The quantitative estimate of drug-likeness (QED) is 0.766. The molecule has 0 aliphatic heterocycles. The molecule has 0 radical (unpaired) electrons. The zero-order chi connectivity index (χ0) is 10.6. The predicted molar refractivity (Wildman–Crippen MR) is 64.0 cm³/mol. The van der Waals surface area contributed by atoms with Crippen LogP contribution in [0.2, 0.25) is 0 Å². The van der Waals surface area contributed by atoms with Crippen molar-refractivity contribution >= 4 is 5.69 Å². The first-order chi connectivity index (χ1) is 6.67. The molecule has 0 aliphatic rings. The van der Waals surface area contributed by atoms with Crippen molar-refractivity contribution in [2.75, 3.05) is 5.32 Å². The molecular formula is C13H21N. The molecule has 1 N–H and O–H groups in total. The molecule has 1 aromatic rings. The fraction of sp³-hybridized carbons (Fsp3) is 0.538. The largest absolute Gasteiger partial charge is 0.383 e. The minimum Gasteiger partial charge on any atom is -0.383 e. The maximum atomic E-state index is 3.43. The van der Waals surface area contributed by atoms with Gasteiger partial charge in [-0.2, -0.15) is 0 Å². The summed E-state index contributed by atoms with van der Waals surface area (Å²) in [6.07, 6.45) is 2.25. The van der Waals surface area contributed by atoms with Crippen LogP contribution in [-0.4, -0.2) is 6.04 Å². The molecule has 0 bridgehead atoms. The molecule has 0 atom stereocenters. The van der Waals surface area contributed by atoms with Gasteiger partial charge < -0.3 is 5.32 Å². The van der Waals surface area contributed by atoms with Crippen molar-refractivity contribution in [2.24, 2.45) is 0 Å². The van der Waals surface area contributed by atoms with Gasteiger partial charge in [-0.25, -0.2) is 0 Å². The molecule has 0 heterocycles. The molecule has 1 nitrogen and oxygen atoms in total. The first-order valence-corrected chi connectivity index (χ1v) is 5.55. The lowest BCUT2D eigenvalue weighted by atomic mass is 10.0. The first-order valence-electron chi connectivity index (χ1n) is 5.55. The van der Waals surface area contributed by atoms with Crippen LogP contribution in [0.4, 0.5) is 5.69 Å². The van der Waals surface area contributed by atoms with E-state index in [-0.39, 0.29) is 0 Å². The van der Waals surface area contributed by atoms with Crippen LogP contribution in [0.3, 0.4) is 0 Å². The van der Waals surface area contributed by atoms with Gasteiger partial charge in [0.25, 0.3) is 0 Å². The maximum Gasteiger partial charge on any atom is 0.0345 e. The van der Waals surface area contributed by atoms with E-state index in [1.54, 1.807) is 0 Å². The molecule has 0 saturated heterocycles. The molecule has 1 rings (SSSR count). The summed E-state index contributed by atoms with van der Waals surface area (Å²) in [5.74, 6) is 0. The summed E-state index contributed by atoms with van der Waals surface area (Å²) in [5.41, 5.74) is 4.19. The molecule has 0 fully saturated rings. The number of aryl methyl sites for hydroxylation is 2. The average molecular weight is 191 g/mol. The Balaban J connectivity index is 2.89. The number of rotatable bonds is 4. The summed E-state index contributed by atoms with van der Waals surface area (Å²) in [4.78, 5) is 0. The fourth-order valence-electron chi connectivity index (χ4n) is 1.72. The lowest BCUT2D eigenvalue weighted by molar-refractivity contribution is 0.897.